The third-order valence-electron chi connectivity index (χ3n) is 5.41. The normalized spacial score (nSPS) is 14.8. The van der Waals surface area contributed by atoms with Crippen molar-refractivity contribution in [3.63, 3.8) is 0 Å². The van der Waals surface area contributed by atoms with Gasteiger partial charge in [0.05, 0.1) is 4.90 Å². The topological polar surface area (TPSA) is 103 Å². The highest BCUT2D eigenvalue weighted by Crippen LogP contribution is 2.22. The molecule has 33 heavy (non-hydrogen) atoms. The molecule has 8 nitrogen and oxygen atoms in total. The van der Waals surface area contributed by atoms with E-state index in [-0.39, 0.29) is 23.8 Å². The quantitative estimate of drug-likeness (QED) is 0.436. The minimum absolute atomic E-state index is 0.119. The molecule has 0 radical (unpaired) electrons. The van der Waals surface area contributed by atoms with Gasteiger partial charge in [0, 0.05) is 30.1 Å². The van der Waals surface area contributed by atoms with E-state index in [1.807, 2.05) is 0 Å². The largest absolute Gasteiger partial charge is 0.456 e. The van der Waals surface area contributed by atoms with Gasteiger partial charge in [-0.3, -0.25) is 4.79 Å². The van der Waals surface area contributed by atoms with Gasteiger partial charge in [-0.2, -0.15) is 4.31 Å². The summed E-state index contributed by atoms with van der Waals surface area (Å²) >= 11 is 5.87. The Morgan fingerprint density at radius 3 is 2.39 bits per heavy atom. The first kappa shape index (κ1) is 23.4. The second-order valence-corrected chi connectivity index (χ2v) is 10.2. The van der Waals surface area contributed by atoms with Crippen molar-refractivity contribution >= 4 is 27.6 Å². The minimum Gasteiger partial charge on any atom is -0.456 e. The van der Waals surface area contributed by atoms with Gasteiger partial charge >= 0.3 is 5.97 Å². The maximum Gasteiger partial charge on any atom is 0.306 e. The summed E-state index contributed by atoms with van der Waals surface area (Å²) in [7, 11) is -3.46. The number of esters is 1. The lowest BCUT2D eigenvalue weighted by molar-refractivity contribution is -0.145. The van der Waals surface area contributed by atoms with E-state index in [9.17, 15) is 13.2 Å². The lowest BCUT2D eigenvalue weighted by atomic mass is 10.1. The SMILES string of the molecule is O=C(CCc1ccc(S(=O)(=O)N2CCCCC2)cc1)OCc1nnc(-c2ccc(Cl)cc2)o1. The Morgan fingerprint density at radius 2 is 1.70 bits per heavy atom. The number of carbonyl (C=O) groups is 1. The van der Waals surface area contributed by atoms with Crippen LogP contribution in [0.5, 0.6) is 0 Å². The van der Waals surface area contributed by atoms with Gasteiger partial charge in [-0.05, 0) is 61.2 Å². The van der Waals surface area contributed by atoms with Crippen LogP contribution in [0.25, 0.3) is 11.5 Å². The van der Waals surface area contributed by atoms with Crippen LogP contribution < -0.4 is 0 Å². The molecule has 174 valence electrons. The van der Waals surface area contributed by atoms with E-state index in [1.54, 1.807) is 52.8 Å². The van der Waals surface area contributed by atoms with Gasteiger partial charge in [-0.25, -0.2) is 8.42 Å². The first-order chi connectivity index (χ1) is 15.9. The summed E-state index contributed by atoms with van der Waals surface area (Å²) in [5, 5.41) is 8.44. The number of rotatable bonds is 8. The van der Waals surface area contributed by atoms with Crippen LogP contribution in [0.2, 0.25) is 5.02 Å². The summed E-state index contributed by atoms with van der Waals surface area (Å²) in [6.07, 6.45) is 3.44. The van der Waals surface area contributed by atoms with E-state index in [1.165, 1.54) is 0 Å². The highest BCUT2D eigenvalue weighted by molar-refractivity contribution is 7.89. The van der Waals surface area contributed by atoms with Crippen LogP contribution in [0.1, 0.15) is 37.1 Å². The minimum atomic E-state index is -3.46. The molecule has 2 heterocycles. The molecule has 0 unspecified atom stereocenters. The molecule has 4 rings (SSSR count). The Balaban J connectivity index is 1.26. The summed E-state index contributed by atoms with van der Waals surface area (Å²) < 4.78 is 37.7. The smallest absolute Gasteiger partial charge is 0.306 e. The highest BCUT2D eigenvalue weighted by Gasteiger charge is 2.25. The standard InChI is InChI=1S/C23H24ClN3O5S/c24-19-9-7-18(8-10-19)23-26-25-21(32-23)16-31-22(28)13-6-17-4-11-20(12-5-17)33(29,30)27-14-2-1-3-15-27/h4-5,7-12H,1-3,6,13-16H2. The first-order valence-electron chi connectivity index (χ1n) is 10.7. The third-order valence-corrected chi connectivity index (χ3v) is 7.57. The zero-order valence-electron chi connectivity index (χ0n) is 17.9. The van der Waals surface area contributed by atoms with Crippen molar-refractivity contribution in [2.24, 2.45) is 0 Å². The number of hydrogen-bond acceptors (Lipinski definition) is 7. The van der Waals surface area contributed by atoms with Crippen LogP contribution in [-0.4, -0.2) is 42.0 Å². The molecule has 0 aliphatic carbocycles. The van der Waals surface area contributed by atoms with Gasteiger partial charge in [0.2, 0.25) is 15.9 Å². The zero-order valence-corrected chi connectivity index (χ0v) is 19.5. The van der Waals surface area contributed by atoms with Gasteiger partial charge in [-0.15, -0.1) is 10.2 Å². The van der Waals surface area contributed by atoms with Gasteiger partial charge in [-0.1, -0.05) is 30.2 Å². The molecule has 1 aromatic heterocycles. The third kappa shape index (κ3) is 5.98. The number of carbonyl (C=O) groups excluding carboxylic acids is 1. The average molecular weight is 490 g/mol. The van der Waals surface area contributed by atoms with Gasteiger partial charge in [0.15, 0.2) is 6.61 Å². The van der Waals surface area contributed by atoms with Crippen LogP contribution in [-0.2, 0) is 32.6 Å². The van der Waals surface area contributed by atoms with Gasteiger partial charge < -0.3 is 9.15 Å². The van der Waals surface area contributed by atoms with Crippen LogP contribution in [0.4, 0.5) is 0 Å². The molecule has 0 atom stereocenters. The Hall–Kier alpha value is -2.75. The second-order valence-electron chi connectivity index (χ2n) is 7.78. The van der Waals surface area contributed by atoms with Crippen LogP contribution in [0, 0.1) is 0 Å². The van der Waals surface area contributed by atoms with E-state index in [0.717, 1.165) is 30.4 Å². The lowest BCUT2D eigenvalue weighted by Gasteiger charge is -2.25. The molecule has 1 fully saturated rings. The Labute approximate surface area is 197 Å². The summed E-state index contributed by atoms with van der Waals surface area (Å²) in [5.41, 5.74) is 1.57. The van der Waals surface area contributed by atoms with Crippen LogP contribution in [0.3, 0.4) is 0 Å². The summed E-state index contributed by atoms with van der Waals surface area (Å²) in [6, 6.07) is 13.6. The van der Waals surface area contributed by atoms with E-state index >= 15 is 0 Å². The van der Waals surface area contributed by atoms with Crippen molar-refractivity contribution < 1.29 is 22.4 Å². The number of ether oxygens (including phenoxy) is 1. The molecule has 1 aliphatic heterocycles. The average Bonchev–Trinajstić information content (AvgIpc) is 3.32. The fourth-order valence-electron chi connectivity index (χ4n) is 3.56. The number of sulfonamides is 1. The molecule has 0 N–H and O–H groups in total. The molecule has 1 saturated heterocycles. The number of aryl methyl sites for hydroxylation is 1. The molecule has 0 saturated carbocycles. The van der Waals surface area contributed by atoms with Gasteiger partial charge in [0.25, 0.3) is 5.89 Å². The number of piperidine rings is 1. The van der Waals surface area contributed by atoms with E-state index in [4.69, 9.17) is 20.8 Å². The van der Waals surface area contributed by atoms with Crippen molar-refractivity contribution in [1.82, 2.24) is 14.5 Å². The molecule has 10 heteroatoms. The van der Waals surface area contributed by atoms with Crippen LogP contribution in [0.15, 0.2) is 57.8 Å². The summed E-state index contributed by atoms with van der Waals surface area (Å²) in [5.74, 6) is 0.101. The molecular formula is C23H24ClN3O5S. The Morgan fingerprint density at radius 1 is 1.00 bits per heavy atom. The fourth-order valence-corrected chi connectivity index (χ4v) is 5.21. The molecular weight excluding hydrogens is 466 g/mol. The monoisotopic (exact) mass is 489 g/mol. The summed E-state index contributed by atoms with van der Waals surface area (Å²) in [6.45, 7) is 1.01. The van der Waals surface area contributed by atoms with Crippen LogP contribution >= 0.6 is 11.6 Å². The molecule has 0 spiro atoms. The second kappa shape index (κ2) is 10.5. The number of halogens is 1. The van der Waals surface area contributed by atoms with Crippen molar-refractivity contribution in [3.8, 4) is 11.5 Å². The van der Waals surface area contributed by atoms with Crippen molar-refractivity contribution in [2.45, 2.75) is 43.6 Å². The zero-order chi connectivity index (χ0) is 23.3. The molecule has 2 aromatic carbocycles. The van der Waals surface area contributed by atoms with E-state index < -0.39 is 16.0 Å². The highest BCUT2D eigenvalue weighted by atomic mass is 35.5. The molecule has 3 aromatic rings. The number of nitrogens with zero attached hydrogens (tertiary/aromatic N) is 3. The lowest BCUT2D eigenvalue weighted by Crippen LogP contribution is -2.35. The van der Waals surface area contributed by atoms with Crippen molar-refractivity contribution in [2.75, 3.05) is 13.1 Å². The predicted octanol–water partition coefficient (Wildman–Crippen LogP) is 4.24. The molecule has 0 amide bonds. The molecule has 0 bridgehead atoms. The predicted molar refractivity (Wildman–Crippen MR) is 122 cm³/mol. The number of hydrogen-bond donors (Lipinski definition) is 0. The van der Waals surface area contributed by atoms with Gasteiger partial charge in [0.1, 0.15) is 0 Å². The maximum absolute atomic E-state index is 12.7. The fraction of sp³-hybridized carbons (Fsp3) is 0.348. The summed E-state index contributed by atoms with van der Waals surface area (Å²) in [4.78, 5) is 12.4. The molecule has 1 aliphatic rings. The van der Waals surface area contributed by atoms with E-state index in [0.29, 0.717) is 30.4 Å². The number of aromatic nitrogens is 2. The Kier molecular flexibility index (Phi) is 7.42. The van der Waals surface area contributed by atoms with E-state index in [2.05, 4.69) is 10.2 Å². The number of benzene rings is 2. The van der Waals surface area contributed by atoms with Crippen molar-refractivity contribution in [3.05, 3.63) is 65.0 Å². The Bertz CT molecular complexity index is 1190. The maximum atomic E-state index is 12.7. The first-order valence-corrected chi connectivity index (χ1v) is 12.6. The van der Waals surface area contributed by atoms with Crippen molar-refractivity contribution in [1.29, 1.82) is 0 Å².